The summed E-state index contributed by atoms with van der Waals surface area (Å²) in [6.45, 7) is 1.72. The molecule has 26 heavy (non-hydrogen) atoms. The van der Waals surface area contributed by atoms with Crippen LogP contribution in [0, 0.1) is 12.7 Å². The molecule has 0 saturated heterocycles. The lowest BCUT2D eigenvalue weighted by Crippen LogP contribution is -2.11. The highest BCUT2D eigenvalue weighted by Gasteiger charge is 2.21. The van der Waals surface area contributed by atoms with Crippen molar-refractivity contribution in [3.63, 3.8) is 0 Å². The van der Waals surface area contributed by atoms with Gasteiger partial charge in [-0.25, -0.2) is 9.37 Å². The molecule has 1 aromatic heterocycles. The molecule has 7 heteroatoms. The van der Waals surface area contributed by atoms with Crippen molar-refractivity contribution in [1.82, 2.24) is 4.98 Å². The van der Waals surface area contributed by atoms with Crippen LogP contribution in [0.4, 0.5) is 10.1 Å². The van der Waals surface area contributed by atoms with Crippen molar-refractivity contribution in [3.05, 3.63) is 58.9 Å². The fourth-order valence-corrected chi connectivity index (χ4v) is 3.50. The van der Waals surface area contributed by atoms with Gasteiger partial charge in [0.1, 0.15) is 27.2 Å². The lowest BCUT2D eigenvalue weighted by Gasteiger charge is -2.06. The number of amides is 1. The van der Waals surface area contributed by atoms with Crippen LogP contribution in [0.1, 0.15) is 15.4 Å². The lowest BCUT2D eigenvalue weighted by atomic mass is 10.2. The van der Waals surface area contributed by atoms with Crippen molar-refractivity contribution in [3.8, 4) is 22.1 Å². The summed E-state index contributed by atoms with van der Waals surface area (Å²) in [7, 11) is 3.03. The summed E-state index contributed by atoms with van der Waals surface area (Å²) >= 11 is 1.12. The first-order valence-corrected chi connectivity index (χ1v) is 8.61. The van der Waals surface area contributed by atoms with Gasteiger partial charge in [0.25, 0.3) is 5.91 Å². The van der Waals surface area contributed by atoms with Gasteiger partial charge in [-0.3, -0.25) is 4.79 Å². The third-order valence-electron chi connectivity index (χ3n) is 3.74. The van der Waals surface area contributed by atoms with Gasteiger partial charge in [0.05, 0.1) is 25.5 Å². The molecule has 0 aliphatic carbocycles. The van der Waals surface area contributed by atoms with E-state index in [0.29, 0.717) is 32.8 Å². The highest BCUT2D eigenvalue weighted by atomic mass is 32.1. The van der Waals surface area contributed by atoms with Crippen molar-refractivity contribution in [2.24, 2.45) is 0 Å². The van der Waals surface area contributed by atoms with Gasteiger partial charge in [-0.2, -0.15) is 0 Å². The summed E-state index contributed by atoms with van der Waals surface area (Å²) in [6.07, 6.45) is 0. The first-order chi connectivity index (χ1) is 12.5. The van der Waals surface area contributed by atoms with E-state index in [9.17, 15) is 9.18 Å². The molecule has 0 saturated carbocycles. The molecule has 3 aromatic rings. The molecule has 0 atom stereocenters. The van der Waals surface area contributed by atoms with Crippen LogP contribution in [0.2, 0.25) is 0 Å². The molecule has 3 rings (SSSR count). The van der Waals surface area contributed by atoms with Gasteiger partial charge in [-0.1, -0.05) is 12.1 Å². The summed E-state index contributed by atoms with van der Waals surface area (Å²) in [4.78, 5) is 17.4. The molecular weight excluding hydrogens is 355 g/mol. The van der Waals surface area contributed by atoms with E-state index in [-0.39, 0.29) is 11.5 Å². The van der Waals surface area contributed by atoms with E-state index in [1.54, 1.807) is 50.4 Å². The number of aromatic nitrogens is 1. The molecule has 0 fully saturated rings. The number of rotatable bonds is 5. The molecule has 5 nitrogen and oxygen atoms in total. The Hall–Kier alpha value is -2.93. The maximum atomic E-state index is 14.3. The molecule has 0 aliphatic rings. The zero-order chi connectivity index (χ0) is 18.7. The van der Waals surface area contributed by atoms with Crippen LogP contribution < -0.4 is 14.8 Å². The number of methoxy groups -OCH3 is 2. The van der Waals surface area contributed by atoms with Gasteiger partial charge in [-0.05, 0) is 31.2 Å². The topological polar surface area (TPSA) is 60.5 Å². The van der Waals surface area contributed by atoms with E-state index in [2.05, 4.69) is 10.3 Å². The number of hydrogen-bond acceptors (Lipinski definition) is 5. The highest BCUT2D eigenvalue weighted by Crippen LogP contribution is 2.36. The Morgan fingerprint density at radius 3 is 2.65 bits per heavy atom. The molecule has 134 valence electrons. The monoisotopic (exact) mass is 372 g/mol. The van der Waals surface area contributed by atoms with E-state index in [0.717, 1.165) is 11.3 Å². The third-order valence-corrected chi connectivity index (χ3v) is 4.91. The molecule has 1 heterocycles. The summed E-state index contributed by atoms with van der Waals surface area (Å²) in [5.74, 6) is 0.256. The van der Waals surface area contributed by atoms with E-state index < -0.39 is 5.82 Å². The first kappa shape index (κ1) is 17.9. The number of nitrogens with zero attached hydrogens (tertiary/aromatic N) is 1. The minimum Gasteiger partial charge on any atom is -0.497 e. The Labute approximate surface area is 154 Å². The predicted octanol–water partition coefficient (Wildman–Crippen LogP) is 4.53. The Morgan fingerprint density at radius 2 is 1.92 bits per heavy atom. The van der Waals surface area contributed by atoms with Crippen molar-refractivity contribution in [2.45, 2.75) is 6.92 Å². The molecule has 0 bridgehead atoms. The van der Waals surface area contributed by atoms with Gasteiger partial charge in [-0.15, -0.1) is 11.3 Å². The van der Waals surface area contributed by atoms with Crippen LogP contribution >= 0.6 is 11.3 Å². The van der Waals surface area contributed by atoms with Crippen LogP contribution in [-0.2, 0) is 0 Å². The number of halogens is 1. The third kappa shape index (κ3) is 3.52. The van der Waals surface area contributed by atoms with Gasteiger partial charge in [0.15, 0.2) is 0 Å². The molecule has 1 N–H and O–H groups in total. The zero-order valence-corrected chi connectivity index (χ0v) is 15.3. The lowest BCUT2D eigenvalue weighted by molar-refractivity contribution is 0.103. The largest absolute Gasteiger partial charge is 0.497 e. The fourth-order valence-electron chi connectivity index (χ4n) is 2.48. The number of ether oxygens (including phenoxy) is 2. The van der Waals surface area contributed by atoms with Crippen molar-refractivity contribution in [1.29, 1.82) is 0 Å². The summed E-state index contributed by atoms with van der Waals surface area (Å²) in [6, 6.07) is 11.6. The Kier molecular flexibility index (Phi) is 5.18. The second kappa shape index (κ2) is 7.53. The smallest absolute Gasteiger partial charge is 0.267 e. The first-order valence-electron chi connectivity index (χ1n) is 7.79. The van der Waals surface area contributed by atoms with Crippen molar-refractivity contribution >= 4 is 22.9 Å². The van der Waals surface area contributed by atoms with E-state index in [1.807, 2.05) is 0 Å². The number of nitrogens with one attached hydrogen (secondary N) is 1. The number of carbonyl (C=O) groups is 1. The van der Waals surface area contributed by atoms with Crippen molar-refractivity contribution < 1.29 is 18.7 Å². The molecule has 0 aliphatic heterocycles. The molecule has 0 radical (unpaired) electrons. The van der Waals surface area contributed by atoms with Gasteiger partial charge >= 0.3 is 0 Å². The number of benzene rings is 2. The minimum absolute atomic E-state index is 0.253. The number of hydrogen-bond donors (Lipinski definition) is 1. The van der Waals surface area contributed by atoms with Gasteiger partial charge < -0.3 is 14.8 Å². The average Bonchev–Trinajstić information content (AvgIpc) is 3.02. The van der Waals surface area contributed by atoms with Crippen LogP contribution in [-0.4, -0.2) is 25.1 Å². The summed E-state index contributed by atoms with van der Waals surface area (Å²) in [5.41, 5.74) is 1.38. The highest BCUT2D eigenvalue weighted by molar-refractivity contribution is 7.17. The van der Waals surface area contributed by atoms with Crippen LogP contribution in [0.3, 0.4) is 0 Å². The Bertz CT molecular complexity index is 956. The number of thiazole rings is 1. The van der Waals surface area contributed by atoms with E-state index in [1.165, 1.54) is 13.2 Å². The number of anilines is 1. The zero-order valence-electron chi connectivity index (χ0n) is 14.5. The normalized spacial score (nSPS) is 10.5. The Morgan fingerprint density at radius 1 is 1.15 bits per heavy atom. The molecular formula is C19H17FN2O3S. The van der Waals surface area contributed by atoms with Gasteiger partial charge in [0, 0.05) is 11.8 Å². The van der Waals surface area contributed by atoms with Crippen LogP contribution in [0.25, 0.3) is 10.6 Å². The summed E-state index contributed by atoms with van der Waals surface area (Å²) in [5, 5.41) is 3.20. The minimum atomic E-state index is -0.446. The molecule has 0 spiro atoms. The van der Waals surface area contributed by atoms with Crippen molar-refractivity contribution in [2.75, 3.05) is 19.5 Å². The predicted molar refractivity (Wildman–Crippen MR) is 99.7 cm³/mol. The number of aryl methyl sites for hydroxylation is 1. The number of carbonyl (C=O) groups excluding carboxylic acids is 1. The maximum Gasteiger partial charge on any atom is 0.267 e. The maximum absolute atomic E-state index is 14.3. The average molecular weight is 372 g/mol. The Balaban J connectivity index is 1.92. The van der Waals surface area contributed by atoms with Crippen LogP contribution in [0.15, 0.2) is 42.5 Å². The second-order valence-electron chi connectivity index (χ2n) is 5.44. The molecule has 2 aromatic carbocycles. The quantitative estimate of drug-likeness (QED) is 0.715. The molecule has 0 unspecified atom stereocenters. The summed E-state index contributed by atoms with van der Waals surface area (Å²) < 4.78 is 24.6. The van der Waals surface area contributed by atoms with E-state index in [4.69, 9.17) is 9.47 Å². The van der Waals surface area contributed by atoms with Crippen LogP contribution in [0.5, 0.6) is 11.5 Å². The SMILES string of the molecule is COc1cccc(NC(=O)c2sc(-c3c(F)cccc3OC)nc2C)c1. The standard InChI is InChI=1S/C19H17FN2O3S/c1-11-17(18(23)22-12-6-4-7-13(10-12)24-2)26-19(21-11)16-14(20)8-5-9-15(16)25-3/h4-10H,1-3H3,(H,22,23). The second-order valence-corrected chi connectivity index (χ2v) is 6.44. The fraction of sp³-hybridized carbons (Fsp3) is 0.158. The molecule has 1 amide bonds. The van der Waals surface area contributed by atoms with Gasteiger partial charge in [0.2, 0.25) is 0 Å². The van der Waals surface area contributed by atoms with E-state index >= 15 is 0 Å².